The van der Waals surface area contributed by atoms with Crippen LogP contribution in [-0.4, -0.2) is 36.6 Å². The SMILES string of the molecule is CCOc1cc(/C(O)=C2\C(=O)C(=O)N(c3cccc(OC)c3)C2c2ccc(OC(C)C)cc2)ccc1Cl. The first kappa shape index (κ1) is 26.1. The lowest BCUT2D eigenvalue weighted by atomic mass is 9.95. The molecule has 0 radical (unpaired) electrons. The van der Waals surface area contributed by atoms with Crippen molar-refractivity contribution in [2.24, 2.45) is 0 Å². The average molecular weight is 522 g/mol. The molecule has 1 amide bonds. The van der Waals surface area contributed by atoms with Gasteiger partial charge in [0.05, 0.1) is 36.5 Å². The van der Waals surface area contributed by atoms with Crippen LogP contribution in [0.25, 0.3) is 5.76 Å². The maximum atomic E-state index is 13.4. The minimum atomic E-state index is -0.897. The van der Waals surface area contributed by atoms with Gasteiger partial charge in [0.25, 0.3) is 11.7 Å². The molecule has 1 unspecified atom stereocenters. The van der Waals surface area contributed by atoms with Crippen LogP contribution in [0.3, 0.4) is 0 Å². The molecule has 1 aliphatic heterocycles. The molecule has 37 heavy (non-hydrogen) atoms. The van der Waals surface area contributed by atoms with Gasteiger partial charge in [-0.25, -0.2) is 0 Å². The standard InChI is InChI=1S/C29H28ClNO6/c1-5-36-24-15-19(11-14-23(24)30)27(32)25-26(18-9-12-21(13-10-18)37-17(2)3)31(29(34)28(25)33)20-7-6-8-22(16-20)35-4/h6-17,26,32H,5H2,1-4H3/b27-25+. The highest BCUT2D eigenvalue weighted by Crippen LogP contribution is 2.43. The van der Waals surface area contributed by atoms with Crippen molar-refractivity contribution in [1.29, 1.82) is 0 Å². The molecule has 1 N–H and O–H groups in total. The number of ether oxygens (including phenoxy) is 3. The van der Waals surface area contributed by atoms with Crippen LogP contribution in [0.4, 0.5) is 5.69 Å². The van der Waals surface area contributed by atoms with Crippen molar-refractivity contribution in [3.8, 4) is 17.2 Å². The van der Waals surface area contributed by atoms with Gasteiger partial charge in [0.15, 0.2) is 0 Å². The van der Waals surface area contributed by atoms with Crippen LogP contribution >= 0.6 is 11.6 Å². The van der Waals surface area contributed by atoms with Crippen LogP contribution in [0.15, 0.2) is 72.3 Å². The van der Waals surface area contributed by atoms with Crippen LogP contribution in [-0.2, 0) is 9.59 Å². The first-order valence-electron chi connectivity index (χ1n) is 11.9. The Bertz CT molecular complexity index is 1350. The van der Waals surface area contributed by atoms with Crippen molar-refractivity contribution < 1.29 is 28.9 Å². The summed E-state index contributed by atoms with van der Waals surface area (Å²) in [6.45, 7) is 6.03. The molecule has 1 aliphatic rings. The minimum absolute atomic E-state index is 0.0160. The van der Waals surface area contributed by atoms with E-state index in [1.807, 2.05) is 20.8 Å². The molecule has 1 atom stereocenters. The second kappa shape index (κ2) is 11.0. The molecule has 3 aromatic carbocycles. The molecule has 0 aromatic heterocycles. The highest BCUT2D eigenvalue weighted by molar-refractivity contribution is 6.51. The monoisotopic (exact) mass is 521 g/mol. The molecule has 7 nitrogen and oxygen atoms in total. The molecule has 192 valence electrons. The number of hydrogen-bond acceptors (Lipinski definition) is 6. The third kappa shape index (κ3) is 5.27. The second-order valence-electron chi connectivity index (χ2n) is 8.68. The lowest BCUT2D eigenvalue weighted by Gasteiger charge is -2.26. The van der Waals surface area contributed by atoms with Gasteiger partial charge in [0.1, 0.15) is 23.0 Å². The largest absolute Gasteiger partial charge is 0.507 e. The van der Waals surface area contributed by atoms with Crippen molar-refractivity contribution in [3.63, 3.8) is 0 Å². The molecule has 8 heteroatoms. The van der Waals surface area contributed by atoms with Crippen molar-refractivity contribution >= 4 is 34.7 Å². The van der Waals surface area contributed by atoms with E-state index >= 15 is 0 Å². The third-order valence-electron chi connectivity index (χ3n) is 5.85. The Morgan fingerprint density at radius 3 is 2.41 bits per heavy atom. The molecule has 1 heterocycles. The first-order valence-corrected chi connectivity index (χ1v) is 12.3. The summed E-state index contributed by atoms with van der Waals surface area (Å²) in [7, 11) is 1.52. The number of hydrogen-bond donors (Lipinski definition) is 1. The Labute approximate surface area is 220 Å². The predicted molar refractivity (Wildman–Crippen MR) is 143 cm³/mol. The van der Waals surface area contributed by atoms with Crippen molar-refractivity contribution in [2.75, 3.05) is 18.6 Å². The van der Waals surface area contributed by atoms with E-state index in [0.29, 0.717) is 45.7 Å². The predicted octanol–water partition coefficient (Wildman–Crippen LogP) is 6.16. The Hall–Kier alpha value is -3.97. The van der Waals surface area contributed by atoms with E-state index in [-0.39, 0.29) is 17.4 Å². The number of halogens is 1. The fourth-order valence-electron chi connectivity index (χ4n) is 4.25. The van der Waals surface area contributed by atoms with Gasteiger partial charge in [-0.15, -0.1) is 0 Å². The van der Waals surface area contributed by atoms with Crippen molar-refractivity contribution in [1.82, 2.24) is 0 Å². The number of ketones is 1. The second-order valence-corrected chi connectivity index (χ2v) is 9.09. The van der Waals surface area contributed by atoms with Gasteiger partial charge in [-0.1, -0.05) is 29.8 Å². The van der Waals surface area contributed by atoms with Crippen LogP contribution < -0.4 is 19.1 Å². The Kier molecular flexibility index (Phi) is 7.74. The Morgan fingerprint density at radius 1 is 1.03 bits per heavy atom. The van der Waals surface area contributed by atoms with E-state index in [4.69, 9.17) is 25.8 Å². The van der Waals surface area contributed by atoms with E-state index in [1.54, 1.807) is 66.7 Å². The molecule has 0 bridgehead atoms. The summed E-state index contributed by atoms with van der Waals surface area (Å²) in [6.07, 6.45) is -0.0160. The summed E-state index contributed by atoms with van der Waals surface area (Å²) < 4.78 is 16.6. The average Bonchev–Trinajstić information content (AvgIpc) is 3.15. The van der Waals surface area contributed by atoms with Crippen LogP contribution in [0.1, 0.15) is 37.9 Å². The minimum Gasteiger partial charge on any atom is -0.507 e. The fourth-order valence-corrected chi connectivity index (χ4v) is 4.42. The number of rotatable bonds is 8. The summed E-state index contributed by atoms with van der Waals surface area (Å²) in [4.78, 5) is 28.2. The highest BCUT2D eigenvalue weighted by atomic mass is 35.5. The number of methoxy groups -OCH3 is 1. The molecule has 0 saturated carbocycles. The number of carbonyl (C=O) groups is 2. The van der Waals surface area contributed by atoms with Gasteiger partial charge in [0.2, 0.25) is 0 Å². The molecule has 1 saturated heterocycles. The number of aliphatic hydroxyl groups excluding tert-OH is 1. The number of aliphatic hydroxyl groups is 1. The van der Waals surface area contributed by atoms with Gasteiger partial charge in [-0.3, -0.25) is 14.5 Å². The van der Waals surface area contributed by atoms with Crippen LogP contribution in [0.2, 0.25) is 5.02 Å². The zero-order valence-electron chi connectivity index (χ0n) is 21.0. The smallest absolute Gasteiger partial charge is 0.300 e. The van der Waals surface area contributed by atoms with E-state index in [9.17, 15) is 14.7 Å². The van der Waals surface area contributed by atoms with Crippen LogP contribution in [0.5, 0.6) is 17.2 Å². The van der Waals surface area contributed by atoms with E-state index in [1.165, 1.54) is 12.0 Å². The van der Waals surface area contributed by atoms with Crippen LogP contribution in [0, 0.1) is 0 Å². The number of benzene rings is 3. The van der Waals surface area contributed by atoms with Gasteiger partial charge < -0.3 is 19.3 Å². The van der Waals surface area contributed by atoms with Gasteiger partial charge in [0, 0.05) is 17.3 Å². The number of anilines is 1. The van der Waals surface area contributed by atoms with Gasteiger partial charge >= 0.3 is 0 Å². The topological polar surface area (TPSA) is 85.3 Å². The number of amides is 1. The lowest BCUT2D eigenvalue weighted by Crippen LogP contribution is -2.29. The first-order chi connectivity index (χ1) is 17.7. The van der Waals surface area contributed by atoms with Gasteiger partial charge in [-0.05, 0) is 68.8 Å². The van der Waals surface area contributed by atoms with E-state index < -0.39 is 17.7 Å². The number of carbonyl (C=O) groups excluding carboxylic acids is 2. The van der Waals surface area contributed by atoms with Gasteiger partial charge in [-0.2, -0.15) is 0 Å². The Balaban J connectivity index is 1.90. The Morgan fingerprint density at radius 2 is 1.76 bits per heavy atom. The van der Waals surface area contributed by atoms with Crippen molar-refractivity contribution in [3.05, 3.63) is 88.5 Å². The van der Waals surface area contributed by atoms with Crippen molar-refractivity contribution in [2.45, 2.75) is 32.9 Å². The molecule has 3 aromatic rings. The molecule has 0 spiro atoms. The lowest BCUT2D eigenvalue weighted by molar-refractivity contribution is -0.132. The highest BCUT2D eigenvalue weighted by Gasteiger charge is 2.47. The zero-order chi connectivity index (χ0) is 26.7. The summed E-state index contributed by atoms with van der Waals surface area (Å²) >= 11 is 6.22. The number of nitrogens with zero attached hydrogens (tertiary/aromatic N) is 1. The summed E-state index contributed by atoms with van der Waals surface area (Å²) in [5, 5.41) is 11.8. The van der Waals surface area contributed by atoms with E-state index in [0.717, 1.165) is 0 Å². The maximum Gasteiger partial charge on any atom is 0.300 e. The van der Waals surface area contributed by atoms with E-state index in [2.05, 4.69) is 0 Å². The third-order valence-corrected chi connectivity index (χ3v) is 6.16. The quantitative estimate of drug-likeness (QED) is 0.217. The molecular weight excluding hydrogens is 494 g/mol. The molecular formula is C29H28ClNO6. The summed E-state index contributed by atoms with van der Waals surface area (Å²) in [5.74, 6) is -0.355. The summed E-state index contributed by atoms with van der Waals surface area (Å²) in [5.41, 5.74) is 1.34. The number of Topliss-reactive ketones (excluding diaryl/α,β-unsaturated/α-hetero) is 1. The summed E-state index contributed by atoms with van der Waals surface area (Å²) in [6, 6.07) is 17.8. The normalized spacial score (nSPS) is 16.8. The molecule has 4 rings (SSSR count). The fraction of sp³-hybridized carbons (Fsp3) is 0.241. The molecule has 1 fully saturated rings. The maximum absolute atomic E-state index is 13.4. The zero-order valence-corrected chi connectivity index (χ0v) is 21.8. The molecule has 0 aliphatic carbocycles.